The fourth-order valence-corrected chi connectivity index (χ4v) is 4.52. The maximum absolute atomic E-state index is 4.95. The molecule has 1 saturated heterocycles. The number of aromatic nitrogens is 2. The van der Waals surface area contributed by atoms with Crippen molar-refractivity contribution in [2.24, 2.45) is 0 Å². The van der Waals surface area contributed by atoms with Crippen LogP contribution in [0.3, 0.4) is 0 Å². The highest BCUT2D eigenvalue weighted by atomic mass is 15.3. The van der Waals surface area contributed by atoms with E-state index in [2.05, 4.69) is 86.4 Å². The summed E-state index contributed by atoms with van der Waals surface area (Å²) in [5.74, 6) is 0. The van der Waals surface area contributed by atoms with Crippen LogP contribution >= 0.6 is 0 Å². The third kappa shape index (κ3) is 5.63. The van der Waals surface area contributed by atoms with Gasteiger partial charge in [0, 0.05) is 37.1 Å². The third-order valence-corrected chi connectivity index (χ3v) is 5.93. The minimum absolute atomic E-state index is 0.0598. The molecule has 29 heavy (non-hydrogen) atoms. The van der Waals surface area contributed by atoms with Gasteiger partial charge < -0.3 is 4.90 Å². The summed E-state index contributed by atoms with van der Waals surface area (Å²) in [6.07, 6.45) is 4.54. The van der Waals surface area contributed by atoms with Gasteiger partial charge in [0.15, 0.2) is 0 Å². The molecule has 0 N–H and O–H groups in total. The summed E-state index contributed by atoms with van der Waals surface area (Å²) in [5, 5.41) is 4.95. The van der Waals surface area contributed by atoms with Crippen molar-refractivity contribution in [3.8, 4) is 0 Å². The van der Waals surface area contributed by atoms with Crippen molar-refractivity contribution in [1.82, 2.24) is 14.7 Å². The fraction of sp³-hybridized carbons (Fsp3) is 0.640. The number of hydrogen-bond donors (Lipinski definition) is 0. The average Bonchev–Trinajstić information content (AvgIpc) is 3.05. The highest BCUT2D eigenvalue weighted by molar-refractivity contribution is 5.49. The molecule has 0 aliphatic carbocycles. The summed E-state index contributed by atoms with van der Waals surface area (Å²) in [6, 6.07) is 11.8. The molecule has 1 aliphatic rings. The number of rotatable bonds is 7. The summed E-state index contributed by atoms with van der Waals surface area (Å²) in [6.45, 7) is 18.1. The van der Waals surface area contributed by atoms with Gasteiger partial charge in [-0.15, -0.1) is 0 Å². The van der Waals surface area contributed by atoms with Crippen LogP contribution in [-0.2, 0) is 18.4 Å². The van der Waals surface area contributed by atoms with Gasteiger partial charge in [-0.2, -0.15) is 5.10 Å². The van der Waals surface area contributed by atoms with E-state index < -0.39 is 0 Å². The van der Waals surface area contributed by atoms with E-state index in [0.29, 0.717) is 6.04 Å². The van der Waals surface area contributed by atoms with E-state index in [4.69, 9.17) is 5.10 Å². The molecule has 2 heterocycles. The second-order valence-electron chi connectivity index (χ2n) is 9.75. The van der Waals surface area contributed by atoms with Crippen molar-refractivity contribution in [3.63, 3.8) is 0 Å². The number of hydrogen-bond acceptors (Lipinski definition) is 3. The predicted octanol–water partition coefficient (Wildman–Crippen LogP) is 5.04. The normalized spacial score (nSPS) is 18.4. The maximum atomic E-state index is 4.95. The Kier molecular flexibility index (Phi) is 7.05. The molecule has 2 aromatic rings. The molecule has 1 aromatic heterocycles. The molecule has 1 unspecified atom stereocenters. The SMILES string of the molecule is CCCc1cc(CCCN2CCN(c3cccc(C)c3)C(C)C2)nn1C(C)(C)C. The third-order valence-electron chi connectivity index (χ3n) is 5.93. The summed E-state index contributed by atoms with van der Waals surface area (Å²) in [4.78, 5) is 5.19. The number of piperazine rings is 1. The minimum atomic E-state index is 0.0598. The molecule has 4 nitrogen and oxygen atoms in total. The molecule has 0 spiro atoms. The van der Waals surface area contributed by atoms with Crippen LogP contribution in [0.4, 0.5) is 5.69 Å². The molecule has 3 rings (SSSR count). The Balaban J connectivity index is 1.52. The Labute approximate surface area is 177 Å². The Morgan fingerprint density at radius 3 is 2.55 bits per heavy atom. The lowest BCUT2D eigenvalue weighted by atomic mass is 10.1. The molecule has 1 fully saturated rings. The zero-order chi connectivity index (χ0) is 21.0. The van der Waals surface area contributed by atoms with Crippen LogP contribution in [-0.4, -0.2) is 46.9 Å². The van der Waals surface area contributed by atoms with Crippen LogP contribution in [0, 0.1) is 6.92 Å². The molecular formula is C25H40N4. The van der Waals surface area contributed by atoms with Crippen LogP contribution in [0.2, 0.25) is 0 Å². The fourth-order valence-electron chi connectivity index (χ4n) is 4.52. The van der Waals surface area contributed by atoms with Gasteiger partial charge in [-0.3, -0.25) is 9.58 Å². The Morgan fingerprint density at radius 2 is 1.90 bits per heavy atom. The first kappa shape index (κ1) is 21.9. The number of aryl methyl sites for hydroxylation is 3. The Hall–Kier alpha value is -1.81. The largest absolute Gasteiger partial charge is 0.366 e. The number of benzene rings is 1. The lowest BCUT2D eigenvalue weighted by Gasteiger charge is -2.41. The van der Waals surface area contributed by atoms with Crippen molar-refractivity contribution in [1.29, 1.82) is 0 Å². The lowest BCUT2D eigenvalue weighted by Crippen LogP contribution is -2.52. The van der Waals surface area contributed by atoms with Gasteiger partial charge in [-0.1, -0.05) is 25.5 Å². The van der Waals surface area contributed by atoms with Gasteiger partial charge in [0.1, 0.15) is 0 Å². The van der Waals surface area contributed by atoms with E-state index in [1.165, 1.54) is 35.5 Å². The van der Waals surface area contributed by atoms with Crippen molar-refractivity contribution >= 4 is 5.69 Å². The van der Waals surface area contributed by atoms with Crippen molar-refractivity contribution in [2.45, 2.75) is 78.8 Å². The molecule has 160 valence electrons. The highest BCUT2D eigenvalue weighted by Gasteiger charge is 2.24. The second-order valence-corrected chi connectivity index (χ2v) is 9.75. The Bertz CT molecular complexity index is 786. The van der Waals surface area contributed by atoms with E-state index in [1.54, 1.807) is 0 Å². The average molecular weight is 397 g/mol. The molecule has 0 saturated carbocycles. The van der Waals surface area contributed by atoms with E-state index in [1.807, 2.05) is 0 Å². The maximum Gasteiger partial charge on any atom is 0.0628 e. The van der Waals surface area contributed by atoms with Crippen LogP contribution < -0.4 is 4.90 Å². The van der Waals surface area contributed by atoms with Crippen molar-refractivity contribution in [3.05, 3.63) is 47.3 Å². The predicted molar refractivity (Wildman–Crippen MR) is 124 cm³/mol. The first-order valence-electron chi connectivity index (χ1n) is 11.4. The second kappa shape index (κ2) is 9.34. The molecule has 0 radical (unpaired) electrons. The molecule has 1 atom stereocenters. The van der Waals surface area contributed by atoms with Gasteiger partial charge in [0.2, 0.25) is 0 Å². The standard InChI is InChI=1S/C25H40N4/c1-7-10-24-18-22(26-29(24)25(4,5)6)12-9-14-27-15-16-28(21(3)19-27)23-13-8-11-20(2)17-23/h8,11,13,17-18,21H,7,9-10,12,14-16,19H2,1-6H3. The topological polar surface area (TPSA) is 24.3 Å². The van der Waals surface area contributed by atoms with E-state index in [-0.39, 0.29) is 5.54 Å². The highest BCUT2D eigenvalue weighted by Crippen LogP contribution is 2.22. The van der Waals surface area contributed by atoms with Crippen LogP contribution in [0.5, 0.6) is 0 Å². The summed E-state index contributed by atoms with van der Waals surface area (Å²) in [7, 11) is 0. The van der Waals surface area contributed by atoms with E-state index in [0.717, 1.165) is 39.0 Å². The monoisotopic (exact) mass is 396 g/mol. The smallest absolute Gasteiger partial charge is 0.0628 e. The van der Waals surface area contributed by atoms with Crippen molar-refractivity contribution in [2.75, 3.05) is 31.1 Å². The molecule has 4 heteroatoms. The summed E-state index contributed by atoms with van der Waals surface area (Å²) >= 11 is 0. The first-order chi connectivity index (χ1) is 13.8. The van der Waals surface area contributed by atoms with Crippen LogP contribution in [0.25, 0.3) is 0 Å². The zero-order valence-corrected chi connectivity index (χ0v) is 19.4. The van der Waals surface area contributed by atoms with Crippen LogP contribution in [0.1, 0.15) is 64.4 Å². The molecular weight excluding hydrogens is 356 g/mol. The van der Waals surface area contributed by atoms with Crippen LogP contribution in [0.15, 0.2) is 30.3 Å². The summed E-state index contributed by atoms with van der Waals surface area (Å²) < 4.78 is 2.24. The lowest BCUT2D eigenvalue weighted by molar-refractivity contribution is 0.226. The quantitative estimate of drug-likeness (QED) is 0.655. The molecule has 1 aromatic carbocycles. The van der Waals surface area contributed by atoms with Gasteiger partial charge in [0.05, 0.1) is 11.2 Å². The van der Waals surface area contributed by atoms with Crippen molar-refractivity contribution < 1.29 is 0 Å². The van der Waals surface area contributed by atoms with Gasteiger partial charge in [-0.25, -0.2) is 0 Å². The Morgan fingerprint density at radius 1 is 1.10 bits per heavy atom. The molecule has 1 aliphatic heterocycles. The van der Waals surface area contributed by atoms with Gasteiger partial charge >= 0.3 is 0 Å². The number of anilines is 1. The van der Waals surface area contributed by atoms with E-state index in [9.17, 15) is 0 Å². The molecule has 0 bridgehead atoms. The van der Waals surface area contributed by atoms with Gasteiger partial charge in [0.25, 0.3) is 0 Å². The molecule has 0 amide bonds. The number of nitrogens with zero attached hydrogens (tertiary/aromatic N) is 4. The zero-order valence-electron chi connectivity index (χ0n) is 19.4. The summed E-state index contributed by atoms with van der Waals surface area (Å²) in [5.41, 5.74) is 5.41. The first-order valence-corrected chi connectivity index (χ1v) is 11.4. The van der Waals surface area contributed by atoms with E-state index >= 15 is 0 Å². The minimum Gasteiger partial charge on any atom is -0.366 e. The van der Waals surface area contributed by atoms with Gasteiger partial charge in [-0.05, 0) is 84.2 Å².